The zero-order valence-electron chi connectivity index (χ0n) is 12.4. The van der Waals surface area contributed by atoms with E-state index < -0.39 is 18.4 Å². The maximum atomic E-state index is 10.1. The van der Waals surface area contributed by atoms with Crippen molar-refractivity contribution in [3.8, 4) is 5.88 Å². The second kappa shape index (κ2) is 5.67. The molecule has 0 radical (unpaired) electrons. The number of ether oxygens (including phenoxy) is 2. The van der Waals surface area contributed by atoms with Gasteiger partial charge in [0.2, 0.25) is 11.8 Å². The topological polar surface area (TPSA) is 129 Å². The lowest BCUT2D eigenvalue weighted by Crippen LogP contribution is -2.28. The fraction of sp³-hybridized carbons (Fsp3) is 0.615. The highest BCUT2D eigenvalue weighted by molar-refractivity contribution is 5.77. The number of nitrogen functional groups attached to an aromatic ring is 1. The number of nitrogens with zero attached hydrogens (tertiary/aromatic N) is 4. The van der Waals surface area contributed by atoms with Gasteiger partial charge in [0, 0.05) is 5.92 Å². The summed E-state index contributed by atoms with van der Waals surface area (Å²) in [6.07, 6.45) is -0.350. The molecule has 4 N–H and O–H groups in total. The summed E-state index contributed by atoms with van der Waals surface area (Å²) in [5, 5.41) is 19.4. The van der Waals surface area contributed by atoms with E-state index in [0.29, 0.717) is 23.7 Å². The Kier molecular flexibility index (Phi) is 3.85. The number of hydrogen-bond acceptors (Lipinski definition) is 8. The van der Waals surface area contributed by atoms with E-state index in [1.807, 2.05) is 13.8 Å². The van der Waals surface area contributed by atoms with Crippen molar-refractivity contribution in [2.24, 2.45) is 5.92 Å². The molecule has 4 unspecified atom stereocenters. The lowest BCUT2D eigenvalue weighted by molar-refractivity contribution is -0.0447. The van der Waals surface area contributed by atoms with Gasteiger partial charge >= 0.3 is 0 Å². The quantitative estimate of drug-likeness (QED) is 0.701. The average Bonchev–Trinajstić information content (AvgIpc) is 3.02. The predicted molar refractivity (Wildman–Crippen MR) is 77.1 cm³/mol. The molecule has 1 fully saturated rings. The molecule has 120 valence electrons. The van der Waals surface area contributed by atoms with E-state index in [1.54, 1.807) is 10.9 Å². The molecule has 2 aromatic heterocycles. The monoisotopic (exact) mass is 309 g/mol. The summed E-state index contributed by atoms with van der Waals surface area (Å²) in [6.45, 7) is 3.85. The van der Waals surface area contributed by atoms with Crippen molar-refractivity contribution in [3.63, 3.8) is 0 Å². The van der Waals surface area contributed by atoms with Crippen LogP contribution in [0.3, 0.4) is 0 Å². The van der Waals surface area contributed by atoms with Crippen LogP contribution in [-0.4, -0.2) is 55.2 Å². The highest BCUT2D eigenvalue weighted by atomic mass is 16.5. The van der Waals surface area contributed by atoms with E-state index in [0.717, 1.165) is 0 Å². The first kappa shape index (κ1) is 14.9. The molecule has 3 heterocycles. The summed E-state index contributed by atoms with van der Waals surface area (Å²) < 4.78 is 12.8. The van der Waals surface area contributed by atoms with Crippen LogP contribution < -0.4 is 10.5 Å². The highest BCUT2D eigenvalue weighted by Gasteiger charge is 2.42. The van der Waals surface area contributed by atoms with E-state index in [-0.39, 0.29) is 18.5 Å². The summed E-state index contributed by atoms with van der Waals surface area (Å²) in [6, 6.07) is 0. The maximum absolute atomic E-state index is 10.1. The van der Waals surface area contributed by atoms with Crippen LogP contribution in [0, 0.1) is 5.92 Å². The molecule has 0 spiro atoms. The number of nitrogens with two attached hydrogens (primary N) is 1. The first-order valence-electron chi connectivity index (χ1n) is 7.14. The van der Waals surface area contributed by atoms with Crippen LogP contribution in [0.2, 0.25) is 0 Å². The Morgan fingerprint density at radius 3 is 2.86 bits per heavy atom. The summed E-state index contributed by atoms with van der Waals surface area (Å²) in [7, 11) is 0. The third-order valence-electron chi connectivity index (χ3n) is 3.83. The molecular formula is C13H19N5O4. The first-order valence-corrected chi connectivity index (χ1v) is 7.14. The Hall–Kier alpha value is -1.97. The molecule has 22 heavy (non-hydrogen) atoms. The molecule has 0 aromatic carbocycles. The Morgan fingerprint density at radius 2 is 2.23 bits per heavy atom. The maximum Gasteiger partial charge on any atom is 0.247 e. The van der Waals surface area contributed by atoms with Gasteiger partial charge in [-0.25, -0.2) is 4.98 Å². The number of fused-ring (bicyclic) bond motifs is 1. The second-order valence-corrected chi connectivity index (χ2v) is 5.24. The molecule has 3 rings (SSSR count). The number of aromatic nitrogens is 4. The van der Waals surface area contributed by atoms with Gasteiger partial charge in [0.1, 0.15) is 12.3 Å². The molecule has 0 bridgehead atoms. The van der Waals surface area contributed by atoms with E-state index in [2.05, 4.69) is 15.0 Å². The van der Waals surface area contributed by atoms with Crippen molar-refractivity contribution in [1.82, 2.24) is 19.5 Å². The van der Waals surface area contributed by atoms with Gasteiger partial charge in [0.05, 0.1) is 25.6 Å². The number of aliphatic hydroxyl groups is 2. The van der Waals surface area contributed by atoms with Gasteiger partial charge < -0.3 is 25.4 Å². The smallest absolute Gasteiger partial charge is 0.247 e. The largest absolute Gasteiger partial charge is 0.476 e. The van der Waals surface area contributed by atoms with Crippen molar-refractivity contribution < 1.29 is 19.7 Å². The molecule has 9 nitrogen and oxygen atoms in total. The van der Waals surface area contributed by atoms with Gasteiger partial charge in [-0.05, 0) is 6.92 Å². The molecule has 1 aliphatic rings. The molecule has 0 amide bonds. The van der Waals surface area contributed by atoms with E-state index in [1.165, 1.54) is 0 Å². The standard InChI is InChI=1S/C13H19N5O4/c1-3-21-11-8-10(16-13(14)17-11)18(5-15-8)12-6(2)9(20)7(4-19)22-12/h5-7,9,12,19-20H,3-4H2,1-2H3,(H2,14,16,17). The van der Waals surface area contributed by atoms with Crippen molar-refractivity contribution in [2.45, 2.75) is 32.3 Å². The minimum atomic E-state index is -0.766. The fourth-order valence-corrected chi connectivity index (χ4v) is 2.69. The van der Waals surface area contributed by atoms with Crippen molar-refractivity contribution in [2.75, 3.05) is 18.9 Å². The predicted octanol–water partition coefficient (Wildman–Crippen LogP) is -0.306. The van der Waals surface area contributed by atoms with Gasteiger partial charge in [-0.3, -0.25) is 4.57 Å². The minimum Gasteiger partial charge on any atom is -0.476 e. The summed E-state index contributed by atoms with van der Waals surface area (Å²) >= 11 is 0. The zero-order valence-corrected chi connectivity index (χ0v) is 12.4. The average molecular weight is 309 g/mol. The van der Waals surface area contributed by atoms with Crippen LogP contribution in [0.1, 0.15) is 20.1 Å². The summed E-state index contributed by atoms with van der Waals surface area (Å²) in [5.74, 6) is 0.151. The third-order valence-corrected chi connectivity index (χ3v) is 3.83. The molecule has 2 aromatic rings. The molecule has 9 heteroatoms. The van der Waals surface area contributed by atoms with E-state index in [4.69, 9.17) is 15.2 Å². The number of hydrogen-bond donors (Lipinski definition) is 3. The Labute approximate surface area is 126 Å². The summed E-state index contributed by atoms with van der Waals surface area (Å²) in [5.41, 5.74) is 6.67. The van der Waals surface area contributed by atoms with Gasteiger partial charge in [0.15, 0.2) is 11.2 Å². The van der Waals surface area contributed by atoms with Crippen LogP contribution in [0.4, 0.5) is 5.95 Å². The van der Waals surface area contributed by atoms with Gasteiger partial charge in [-0.1, -0.05) is 6.92 Å². The normalized spacial score (nSPS) is 28.4. The fourth-order valence-electron chi connectivity index (χ4n) is 2.69. The van der Waals surface area contributed by atoms with E-state index in [9.17, 15) is 10.2 Å². The van der Waals surface area contributed by atoms with Crippen molar-refractivity contribution in [1.29, 1.82) is 0 Å². The zero-order chi connectivity index (χ0) is 15.9. The van der Waals surface area contributed by atoms with Crippen LogP contribution >= 0.6 is 0 Å². The van der Waals surface area contributed by atoms with Crippen LogP contribution in [0.15, 0.2) is 6.33 Å². The van der Waals surface area contributed by atoms with Gasteiger partial charge in [-0.15, -0.1) is 0 Å². The summed E-state index contributed by atoms with van der Waals surface area (Å²) in [4.78, 5) is 12.5. The highest BCUT2D eigenvalue weighted by Crippen LogP contribution is 2.36. The molecule has 4 atom stereocenters. The number of anilines is 1. The third kappa shape index (κ3) is 2.27. The van der Waals surface area contributed by atoms with Crippen LogP contribution in [-0.2, 0) is 4.74 Å². The Bertz CT molecular complexity index is 676. The van der Waals surface area contributed by atoms with Crippen molar-refractivity contribution in [3.05, 3.63) is 6.33 Å². The van der Waals surface area contributed by atoms with Gasteiger partial charge in [0.25, 0.3) is 0 Å². The van der Waals surface area contributed by atoms with E-state index >= 15 is 0 Å². The first-order chi connectivity index (χ1) is 10.6. The SMILES string of the molecule is CCOc1nc(N)nc2c1ncn2C1OC(CO)C(O)C1C. The Morgan fingerprint density at radius 1 is 1.45 bits per heavy atom. The van der Waals surface area contributed by atoms with Crippen LogP contribution in [0.25, 0.3) is 11.2 Å². The molecule has 1 aliphatic heterocycles. The molecular weight excluding hydrogens is 290 g/mol. The van der Waals surface area contributed by atoms with Gasteiger partial charge in [-0.2, -0.15) is 9.97 Å². The molecule has 0 saturated carbocycles. The lowest BCUT2D eigenvalue weighted by atomic mass is 10.0. The molecule has 0 aliphatic carbocycles. The number of aliphatic hydroxyl groups excluding tert-OH is 2. The molecule has 1 saturated heterocycles. The number of rotatable bonds is 4. The van der Waals surface area contributed by atoms with Crippen molar-refractivity contribution >= 4 is 17.1 Å². The van der Waals surface area contributed by atoms with Crippen LogP contribution in [0.5, 0.6) is 5.88 Å². The minimum absolute atomic E-state index is 0.0719. The number of imidazole rings is 1. The Balaban J connectivity index is 2.05. The second-order valence-electron chi connectivity index (χ2n) is 5.24. The lowest BCUT2D eigenvalue weighted by Gasteiger charge is -2.17.